The lowest BCUT2D eigenvalue weighted by Gasteiger charge is -2.23. The van der Waals surface area contributed by atoms with Crippen LogP contribution >= 0.6 is 27.5 Å². The van der Waals surface area contributed by atoms with Crippen molar-refractivity contribution < 1.29 is 22.7 Å². The maximum absolute atomic E-state index is 12.3. The molecule has 0 aliphatic heterocycles. The number of rotatable bonds is 5. The predicted molar refractivity (Wildman–Crippen MR) is 74.4 cm³/mol. The summed E-state index contributed by atoms with van der Waals surface area (Å²) in [5, 5.41) is 0.486. The first-order chi connectivity index (χ1) is 9.09. The monoisotopic (exact) mass is 372 g/mol. The quantitative estimate of drug-likeness (QED) is 0.537. The highest BCUT2D eigenvalue weighted by Crippen LogP contribution is 2.35. The number of ether oxygens (including phenoxy) is 1. The van der Waals surface area contributed by atoms with E-state index in [1.165, 1.54) is 31.2 Å². The molecule has 1 atom stereocenters. The summed E-state index contributed by atoms with van der Waals surface area (Å²) in [5.74, 6) is -0.586. The van der Waals surface area contributed by atoms with Crippen molar-refractivity contribution in [3.05, 3.63) is 34.9 Å². The highest BCUT2D eigenvalue weighted by Gasteiger charge is 2.37. The molecule has 0 saturated carbocycles. The lowest BCUT2D eigenvalue weighted by molar-refractivity contribution is -0.140. The van der Waals surface area contributed by atoms with Crippen LogP contribution in [0.25, 0.3) is 0 Å². The van der Waals surface area contributed by atoms with Crippen LogP contribution in [0.4, 0.5) is 13.2 Å². The van der Waals surface area contributed by atoms with Gasteiger partial charge in [-0.3, -0.25) is 0 Å². The molecule has 0 saturated heterocycles. The van der Waals surface area contributed by atoms with Gasteiger partial charge in [0.1, 0.15) is 0 Å². The van der Waals surface area contributed by atoms with Crippen molar-refractivity contribution in [2.75, 3.05) is 6.61 Å². The van der Waals surface area contributed by atoms with Crippen LogP contribution < -0.4 is 0 Å². The van der Waals surface area contributed by atoms with Crippen molar-refractivity contribution in [3.8, 4) is 0 Å². The first kappa shape index (κ1) is 17.3. The van der Waals surface area contributed by atoms with Gasteiger partial charge in [-0.1, -0.05) is 27.5 Å². The van der Waals surface area contributed by atoms with E-state index in [1.807, 2.05) is 0 Å². The van der Waals surface area contributed by atoms with E-state index >= 15 is 0 Å². The topological polar surface area (TPSA) is 26.3 Å². The lowest BCUT2D eigenvalue weighted by Crippen LogP contribution is -2.27. The smallest absolute Gasteiger partial charge is 0.390 e. The predicted octanol–water partition coefficient (Wildman–Crippen LogP) is 4.99. The standard InChI is InChI=1S/C13H13BrClF3O2/c1-12(14,8-13(16,17)18)6-7-20-11(19)9-2-4-10(15)5-3-9/h2-5H,6-8H2,1H3/t12-/m0/s1. The minimum atomic E-state index is -4.27. The number of halogens is 5. The summed E-state index contributed by atoms with van der Waals surface area (Å²) in [5.41, 5.74) is 0.307. The number of carbonyl (C=O) groups is 1. The molecule has 1 aromatic rings. The number of alkyl halides is 4. The summed E-state index contributed by atoms with van der Waals surface area (Å²) in [6.07, 6.45) is -5.19. The van der Waals surface area contributed by atoms with Gasteiger partial charge >= 0.3 is 12.1 Å². The average Bonchev–Trinajstić information content (AvgIpc) is 2.26. The third-order valence-electron chi connectivity index (χ3n) is 2.51. The molecule has 0 heterocycles. The van der Waals surface area contributed by atoms with E-state index < -0.39 is 22.9 Å². The molecule has 0 unspecified atom stereocenters. The first-order valence-corrected chi connectivity index (χ1v) is 6.94. The largest absolute Gasteiger partial charge is 0.462 e. The van der Waals surface area contributed by atoms with Gasteiger partial charge in [-0.25, -0.2) is 4.79 Å². The Morgan fingerprint density at radius 2 is 1.85 bits per heavy atom. The fraction of sp³-hybridized carbons (Fsp3) is 0.462. The molecule has 7 heteroatoms. The van der Waals surface area contributed by atoms with E-state index in [9.17, 15) is 18.0 Å². The van der Waals surface area contributed by atoms with Gasteiger partial charge in [0.2, 0.25) is 0 Å². The van der Waals surface area contributed by atoms with E-state index in [0.29, 0.717) is 10.6 Å². The van der Waals surface area contributed by atoms with Crippen molar-refractivity contribution in [1.29, 1.82) is 0 Å². The molecule has 112 valence electrons. The summed E-state index contributed by atoms with van der Waals surface area (Å²) in [6, 6.07) is 6.06. The molecule has 0 N–H and O–H groups in total. The lowest BCUT2D eigenvalue weighted by atomic mass is 10.0. The Morgan fingerprint density at radius 3 is 2.35 bits per heavy atom. The molecule has 0 radical (unpaired) electrons. The Kier molecular flexibility index (Phi) is 5.89. The summed E-state index contributed by atoms with van der Waals surface area (Å²) in [7, 11) is 0. The van der Waals surface area contributed by atoms with E-state index in [0.717, 1.165) is 0 Å². The van der Waals surface area contributed by atoms with E-state index in [2.05, 4.69) is 15.9 Å². The van der Waals surface area contributed by atoms with Crippen LogP contribution in [0.1, 0.15) is 30.1 Å². The van der Waals surface area contributed by atoms with Gasteiger partial charge < -0.3 is 4.74 Å². The highest BCUT2D eigenvalue weighted by atomic mass is 79.9. The number of benzene rings is 1. The Bertz CT molecular complexity index is 458. The number of esters is 1. The van der Waals surface area contributed by atoms with Crippen molar-refractivity contribution >= 4 is 33.5 Å². The number of carbonyl (C=O) groups excluding carboxylic acids is 1. The summed E-state index contributed by atoms with van der Waals surface area (Å²) >= 11 is 8.68. The molecular formula is C13H13BrClF3O2. The van der Waals surface area contributed by atoms with Crippen molar-refractivity contribution in [1.82, 2.24) is 0 Å². The van der Waals surface area contributed by atoms with Crippen LogP contribution in [0.5, 0.6) is 0 Å². The fourth-order valence-corrected chi connectivity index (χ4v) is 2.14. The van der Waals surface area contributed by atoms with Crippen LogP contribution in [-0.2, 0) is 4.74 Å². The molecule has 0 amide bonds. The zero-order valence-electron chi connectivity index (χ0n) is 10.6. The van der Waals surface area contributed by atoms with Crippen LogP contribution in [0.15, 0.2) is 24.3 Å². The van der Waals surface area contributed by atoms with Crippen LogP contribution in [0.3, 0.4) is 0 Å². The van der Waals surface area contributed by atoms with Crippen LogP contribution in [0.2, 0.25) is 5.02 Å². The van der Waals surface area contributed by atoms with Crippen LogP contribution in [-0.4, -0.2) is 23.1 Å². The molecule has 0 bridgehead atoms. The average molecular weight is 374 g/mol. The second-order valence-electron chi connectivity index (χ2n) is 4.60. The SMILES string of the molecule is C[C@](Br)(CCOC(=O)c1ccc(Cl)cc1)CC(F)(F)F. The molecular weight excluding hydrogens is 360 g/mol. The van der Waals surface area contributed by atoms with Crippen molar-refractivity contribution in [2.45, 2.75) is 30.3 Å². The molecule has 2 nitrogen and oxygen atoms in total. The van der Waals surface area contributed by atoms with Crippen molar-refractivity contribution in [2.24, 2.45) is 0 Å². The molecule has 1 rings (SSSR count). The summed E-state index contributed by atoms with van der Waals surface area (Å²) in [6.45, 7) is 1.32. The van der Waals surface area contributed by atoms with Gasteiger partial charge in [-0.05, 0) is 37.6 Å². The highest BCUT2D eigenvalue weighted by molar-refractivity contribution is 9.10. The number of hydrogen-bond acceptors (Lipinski definition) is 2. The van der Waals surface area contributed by atoms with Gasteiger partial charge in [0, 0.05) is 9.35 Å². The van der Waals surface area contributed by atoms with E-state index in [4.69, 9.17) is 16.3 Å². The van der Waals surface area contributed by atoms with Gasteiger partial charge in [-0.2, -0.15) is 13.2 Å². The maximum atomic E-state index is 12.3. The summed E-state index contributed by atoms with van der Waals surface area (Å²) in [4.78, 5) is 11.6. The molecule has 0 spiro atoms. The van der Waals surface area contributed by atoms with Gasteiger partial charge in [0.15, 0.2) is 0 Å². The summed E-state index contributed by atoms with van der Waals surface area (Å²) < 4.78 is 40.7. The fourth-order valence-electron chi connectivity index (χ4n) is 1.53. The Labute approximate surface area is 128 Å². The van der Waals surface area contributed by atoms with Crippen molar-refractivity contribution in [3.63, 3.8) is 0 Å². The molecule has 0 aliphatic carbocycles. The zero-order valence-corrected chi connectivity index (χ0v) is 13.0. The molecule has 0 fully saturated rings. The minimum absolute atomic E-state index is 0.0613. The van der Waals surface area contributed by atoms with Gasteiger partial charge in [0.25, 0.3) is 0 Å². The minimum Gasteiger partial charge on any atom is -0.462 e. The molecule has 1 aromatic carbocycles. The van der Waals surface area contributed by atoms with Gasteiger partial charge in [0.05, 0.1) is 18.6 Å². The Balaban J connectivity index is 2.44. The number of hydrogen-bond donors (Lipinski definition) is 0. The normalized spacial score (nSPS) is 14.7. The maximum Gasteiger partial charge on any atom is 0.390 e. The van der Waals surface area contributed by atoms with Gasteiger partial charge in [-0.15, -0.1) is 0 Å². The molecule has 0 aliphatic rings. The Hall–Kier alpha value is -0.750. The van der Waals surface area contributed by atoms with E-state index in [1.54, 1.807) is 0 Å². The third-order valence-corrected chi connectivity index (χ3v) is 3.43. The molecule has 0 aromatic heterocycles. The van der Waals surface area contributed by atoms with E-state index in [-0.39, 0.29) is 13.0 Å². The third kappa shape index (κ3) is 6.61. The molecule has 20 heavy (non-hydrogen) atoms. The zero-order chi connectivity index (χ0) is 15.4. The second-order valence-corrected chi connectivity index (χ2v) is 6.95. The second kappa shape index (κ2) is 6.80. The first-order valence-electron chi connectivity index (χ1n) is 5.77. The van der Waals surface area contributed by atoms with Crippen LogP contribution in [0, 0.1) is 0 Å². The Morgan fingerprint density at radius 1 is 1.30 bits per heavy atom.